The van der Waals surface area contributed by atoms with E-state index >= 15 is 0 Å². The summed E-state index contributed by atoms with van der Waals surface area (Å²) in [5.41, 5.74) is 1.16. The van der Waals surface area contributed by atoms with E-state index in [1.165, 1.54) is 0 Å². The fourth-order valence-electron chi connectivity index (χ4n) is 1.73. The third kappa shape index (κ3) is 4.63. The molecule has 0 fully saturated rings. The number of carbonyl (C=O) groups excluding carboxylic acids is 1. The van der Waals surface area contributed by atoms with Crippen molar-refractivity contribution >= 4 is 23.2 Å². The van der Waals surface area contributed by atoms with Gasteiger partial charge in [0.25, 0.3) is 0 Å². The van der Waals surface area contributed by atoms with Crippen molar-refractivity contribution in [1.82, 2.24) is 9.55 Å². The highest BCUT2D eigenvalue weighted by Gasteiger charge is 2.07. The zero-order valence-electron chi connectivity index (χ0n) is 11.2. The number of aliphatic hydroxyl groups excluding tert-OH is 1. The highest BCUT2D eigenvalue weighted by Crippen LogP contribution is 2.20. The molecular weight excluding hydrogens is 290 g/mol. The Hall–Kier alpha value is -2.29. The number of rotatable bonds is 4. The van der Waals surface area contributed by atoms with Gasteiger partial charge in [0.15, 0.2) is 0 Å². The molecular formula is C15H14ClN3O2. The Morgan fingerprint density at radius 1 is 1.48 bits per heavy atom. The number of nitrogens with one attached hydrogen (secondary N) is 1. The number of aryl methyl sites for hydroxylation is 1. The first-order valence-corrected chi connectivity index (χ1v) is 6.71. The molecule has 0 radical (unpaired) electrons. The minimum absolute atomic E-state index is 0.141. The molecule has 0 aliphatic rings. The van der Waals surface area contributed by atoms with Crippen molar-refractivity contribution in [3.05, 3.63) is 47.5 Å². The Balaban J connectivity index is 2.03. The molecule has 0 spiro atoms. The molecule has 6 heteroatoms. The van der Waals surface area contributed by atoms with E-state index in [1.807, 2.05) is 4.57 Å². The third-order valence-electron chi connectivity index (χ3n) is 2.71. The Morgan fingerprint density at radius 2 is 2.33 bits per heavy atom. The summed E-state index contributed by atoms with van der Waals surface area (Å²) in [7, 11) is 0. The maximum absolute atomic E-state index is 12.0. The normalized spacial score (nSPS) is 9.81. The number of imidazole rings is 1. The van der Waals surface area contributed by atoms with Crippen LogP contribution in [0.1, 0.15) is 12.0 Å². The van der Waals surface area contributed by atoms with Crippen LogP contribution in [0, 0.1) is 11.8 Å². The molecule has 0 saturated heterocycles. The van der Waals surface area contributed by atoms with Gasteiger partial charge in [-0.15, -0.1) is 0 Å². The maximum atomic E-state index is 12.0. The van der Waals surface area contributed by atoms with Crippen LogP contribution in [0.15, 0.2) is 36.9 Å². The molecule has 2 aromatic rings. The van der Waals surface area contributed by atoms with Crippen molar-refractivity contribution in [2.24, 2.45) is 0 Å². The second-order valence-electron chi connectivity index (χ2n) is 4.25. The first kappa shape index (κ1) is 15.1. The first-order valence-electron chi connectivity index (χ1n) is 6.34. The zero-order chi connectivity index (χ0) is 15.1. The molecule has 108 valence electrons. The summed E-state index contributed by atoms with van der Waals surface area (Å²) in [5.74, 6) is 5.19. The predicted octanol–water partition coefficient (Wildman–Crippen LogP) is 1.91. The molecule has 1 amide bonds. The molecule has 0 aliphatic heterocycles. The van der Waals surface area contributed by atoms with E-state index in [1.54, 1.807) is 36.9 Å². The van der Waals surface area contributed by atoms with Crippen molar-refractivity contribution in [3.8, 4) is 11.8 Å². The fourth-order valence-corrected chi connectivity index (χ4v) is 1.90. The van der Waals surface area contributed by atoms with Crippen LogP contribution in [0.25, 0.3) is 0 Å². The molecule has 0 unspecified atom stereocenters. The van der Waals surface area contributed by atoms with Crippen LogP contribution in [-0.2, 0) is 11.3 Å². The zero-order valence-corrected chi connectivity index (χ0v) is 12.0. The van der Waals surface area contributed by atoms with Crippen LogP contribution in [0.5, 0.6) is 0 Å². The number of amides is 1. The van der Waals surface area contributed by atoms with Crippen molar-refractivity contribution in [2.75, 3.05) is 11.9 Å². The Kier molecular flexibility index (Phi) is 5.38. The summed E-state index contributed by atoms with van der Waals surface area (Å²) >= 11 is 5.93. The van der Waals surface area contributed by atoms with Gasteiger partial charge >= 0.3 is 0 Å². The quantitative estimate of drug-likeness (QED) is 0.848. The van der Waals surface area contributed by atoms with Gasteiger partial charge in [0, 0.05) is 35.9 Å². The molecule has 2 rings (SSSR count). The summed E-state index contributed by atoms with van der Waals surface area (Å²) in [6, 6.07) is 5.03. The van der Waals surface area contributed by atoms with Gasteiger partial charge in [-0.2, -0.15) is 0 Å². The topological polar surface area (TPSA) is 67.2 Å². The van der Waals surface area contributed by atoms with Gasteiger partial charge in [0.05, 0.1) is 12.0 Å². The van der Waals surface area contributed by atoms with Gasteiger partial charge in [0.1, 0.15) is 6.61 Å². The van der Waals surface area contributed by atoms with Crippen molar-refractivity contribution < 1.29 is 9.90 Å². The molecule has 0 saturated carbocycles. The lowest BCUT2D eigenvalue weighted by atomic mass is 10.1. The molecule has 0 aliphatic carbocycles. The van der Waals surface area contributed by atoms with Gasteiger partial charge in [-0.05, 0) is 18.2 Å². The average molecular weight is 304 g/mol. The lowest BCUT2D eigenvalue weighted by Gasteiger charge is -2.08. The van der Waals surface area contributed by atoms with E-state index in [-0.39, 0.29) is 12.5 Å². The summed E-state index contributed by atoms with van der Waals surface area (Å²) < 4.78 is 1.82. The predicted molar refractivity (Wildman–Crippen MR) is 80.9 cm³/mol. The van der Waals surface area contributed by atoms with Crippen LogP contribution in [-0.4, -0.2) is 27.2 Å². The molecule has 0 atom stereocenters. The minimum atomic E-state index is -0.239. The number of nitrogens with zero attached hydrogens (tertiary/aromatic N) is 2. The van der Waals surface area contributed by atoms with Crippen molar-refractivity contribution in [3.63, 3.8) is 0 Å². The van der Waals surface area contributed by atoms with Gasteiger partial charge in [-0.25, -0.2) is 4.98 Å². The second kappa shape index (κ2) is 7.48. The van der Waals surface area contributed by atoms with Crippen LogP contribution in [0.2, 0.25) is 5.02 Å². The molecule has 0 bridgehead atoms. The van der Waals surface area contributed by atoms with Gasteiger partial charge in [-0.3, -0.25) is 4.79 Å². The lowest BCUT2D eigenvalue weighted by Crippen LogP contribution is -2.14. The van der Waals surface area contributed by atoms with E-state index in [9.17, 15) is 4.79 Å². The number of aromatic nitrogens is 2. The molecule has 21 heavy (non-hydrogen) atoms. The van der Waals surface area contributed by atoms with E-state index in [4.69, 9.17) is 16.7 Å². The molecule has 2 N–H and O–H groups in total. The fraction of sp³-hybridized carbons (Fsp3) is 0.200. The largest absolute Gasteiger partial charge is 0.384 e. The Bertz CT molecular complexity index is 672. The molecule has 1 aromatic heterocycles. The number of hydrogen-bond donors (Lipinski definition) is 2. The Morgan fingerprint density at radius 3 is 3.05 bits per heavy atom. The highest BCUT2D eigenvalue weighted by molar-refractivity contribution is 6.31. The maximum Gasteiger partial charge on any atom is 0.226 e. The molecule has 1 aromatic carbocycles. The highest BCUT2D eigenvalue weighted by atomic mass is 35.5. The minimum Gasteiger partial charge on any atom is -0.384 e. The summed E-state index contributed by atoms with van der Waals surface area (Å²) in [6.45, 7) is 0.306. The third-order valence-corrected chi connectivity index (χ3v) is 2.95. The number of aliphatic hydroxyl groups is 1. The molecule has 1 heterocycles. The van der Waals surface area contributed by atoms with E-state index in [0.29, 0.717) is 29.2 Å². The van der Waals surface area contributed by atoms with Crippen LogP contribution < -0.4 is 5.32 Å². The number of carbonyl (C=O) groups is 1. The number of halogens is 1. The van der Waals surface area contributed by atoms with Gasteiger partial charge < -0.3 is 15.0 Å². The van der Waals surface area contributed by atoms with Crippen molar-refractivity contribution in [2.45, 2.75) is 13.0 Å². The standard InChI is InChI=1S/C15H14ClN3O2/c16-13-4-3-12(2-1-9-20)14(10-13)18-15(21)5-7-19-8-6-17-11-19/h3-4,6,8,10-11,20H,5,7,9H2,(H,18,21). The second-order valence-corrected chi connectivity index (χ2v) is 4.68. The molecule has 5 nitrogen and oxygen atoms in total. The SMILES string of the molecule is O=C(CCn1ccnc1)Nc1cc(Cl)ccc1C#CCO. The number of hydrogen-bond acceptors (Lipinski definition) is 3. The van der Waals surface area contributed by atoms with Gasteiger partial charge in [-0.1, -0.05) is 23.4 Å². The van der Waals surface area contributed by atoms with E-state index < -0.39 is 0 Å². The number of anilines is 1. The first-order chi connectivity index (χ1) is 10.2. The van der Waals surface area contributed by atoms with Crippen LogP contribution >= 0.6 is 11.6 Å². The van der Waals surface area contributed by atoms with Crippen molar-refractivity contribution in [1.29, 1.82) is 0 Å². The Labute approximate surface area is 127 Å². The lowest BCUT2D eigenvalue weighted by molar-refractivity contribution is -0.116. The average Bonchev–Trinajstić information content (AvgIpc) is 2.98. The van der Waals surface area contributed by atoms with E-state index in [0.717, 1.165) is 0 Å². The van der Waals surface area contributed by atoms with Crippen LogP contribution in [0.4, 0.5) is 5.69 Å². The van der Waals surface area contributed by atoms with Crippen LogP contribution in [0.3, 0.4) is 0 Å². The monoisotopic (exact) mass is 303 g/mol. The summed E-state index contributed by atoms with van der Waals surface area (Å²) in [4.78, 5) is 15.9. The van der Waals surface area contributed by atoms with E-state index in [2.05, 4.69) is 22.1 Å². The number of benzene rings is 1. The summed E-state index contributed by atoms with van der Waals surface area (Å²) in [5, 5.41) is 12.0. The summed E-state index contributed by atoms with van der Waals surface area (Å²) in [6.07, 6.45) is 5.43. The smallest absolute Gasteiger partial charge is 0.226 e. The van der Waals surface area contributed by atoms with Gasteiger partial charge in [0.2, 0.25) is 5.91 Å².